The van der Waals surface area contributed by atoms with Gasteiger partial charge in [-0.1, -0.05) is 19.8 Å². The Hall–Kier alpha value is -1.36. The van der Waals surface area contributed by atoms with Crippen molar-refractivity contribution in [1.82, 2.24) is 9.97 Å². The largest absolute Gasteiger partial charge is 0.393 e. The summed E-state index contributed by atoms with van der Waals surface area (Å²) < 4.78 is 0. The van der Waals surface area contributed by atoms with E-state index in [1.165, 1.54) is 6.42 Å². The number of aliphatic hydroxyl groups excluding tert-OH is 1. The van der Waals surface area contributed by atoms with Gasteiger partial charge in [0.15, 0.2) is 0 Å². The first-order chi connectivity index (χ1) is 9.72. The Kier molecular flexibility index (Phi) is 5.59. The maximum Gasteiger partial charge on any atom is 0.133 e. The van der Waals surface area contributed by atoms with Gasteiger partial charge >= 0.3 is 0 Å². The number of nitrogens with one attached hydrogen (secondary N) is 2. The number of rotatable bonds is 6. The highest BCUT2D eigenvalue weighted by molar-refractivity contribution is 5.47. The molecule has 1 aromatic rings. The fourth-order valence-corrected chi connectivity index (χ4v) is 2.71. The lowest BCUT2D eigenvalue weighted by atomic mass is 9.86. The molecule has 0 aliphatic heterocycles. The summed E-state index contributed by atoms with van der Waals surface area (Å²) in [5.74, 6) is 2.90. The molecule has 20 heavy (non-hydrogen) atoms. The Morgan fingerprint density at radius 1 is 1.25 bits per heavy atom. The highest BCUT2D eigenvalue weighted by atomic mass is 16.3. The van der Waals surface area contributed by atoms with Crippen LogP contribution in [0.5, 0.6) is 0 Å². The third-order valence-corrected chi connectivity index (χ3v) is 3.92. The molecule has 112 valence electrons. The SMILES string of the molecule is CCCc1nc(NC)cc(NCC2CCCCC2O)n1. The van der Waals surface area contributed by atoms with Gasteiger partial charge < -0.3 is 15.7 Å². The number of nitrogens with zero attached hydrogens (tertiary/aromatic N) is 2. The number of aromatic nitrogens is 2. The van der Waals surface area contributed by atoms with Crippen LogP contribution in [0.2, 0.25) is 0 Å². The number of hydrogen-bond donors (Lipinski definition) is 3. The highest BCUT2D eigenvalue weighted by Gasteiger charge is 2.22. The minimum absolute atomic E-state index is 0.169. The van der Waals surface area contributed by atoms with Gasteiger partial charge in [0.05, 0.1) is 6.10 Å². The molecule has 0 radical (unpaired) electrons. The smallest absolute Gasteiger partial charge is 0.133 e. The molecule has 0 bridgehead atoms. The second kappa shape index (κ2) is 7.43. The molecule has 1 aliphatic carbocycles. The van der Waals surface area contributed by atoms with Crippen LogP contribution >= 0.6 is 0 Å². The van der Waals surface area contributed by atoms with Gasteiger partial charge in [0.2, 0.25) is 0 Å². The van der Waals surface area contributed by atoms with Crippen LogP contribution in [-0.2, 0) is 6.42 Å². The predicted molar refractivity (Wildman–Crippen MR) is 82.0 cm³/mol. The van der Waals surface area contributed by atoms with Gasteiger partial charge in [-0.3, -0.25) is 0 Å². The molecule has 1 fully saturated rings. The second-order valence-corrected chi connectivity index (χ2v) is 5.55. The third kappa shape index (κ3) is 4.07. The van der Waals surface area contributed by atoms with E-state index in [1.807, 2.05) is 13.1 Å². The van der Waals surface area contributed by atoms with Crippen LogP contribution in [0, 0.1) is 5.92 Å². The van der Waals surface area contributed by atoms with Gasteiger partial charge in [0.1, 0.15) is 17.5 Å². The summed E-state index contributed by atoms with van der Waals surface area (Å²) in [4.78, 5) is 8.98. The Balaban J connectivity index is 1.98. The molecule has 1 aromatic heterocycles. The van der Waals surface area contributed by atoms with Crippen LogP contribution in [0.3, 0.4) is 0 Å². The Morgan fingerprint density at radius 3 is 2.70 bits per heavy atom. The van der Waals surface area contributed by atoms with Gasteiger partial charge in [-0.15, -0.1) is 0 Å². The molecule has 5 heteroatoms. The summed E-state index contributed by atoms with van der Waals surface area (Å²) in [5, 5.41) is 16.4. The van der Waals surface area contributed by atoms with Crippen molar-refractivity contribution in [2.75, 3.05) is 24.2 Å². The van der Waals surface area contributed by atoms with Crippen LogP contribution < -0.4 is 10.6 Å². The predicted octanol–water partition coefficient (Wildman–Crippen LogP) is 2.43. The van der Waals surface area contributed by atoms with E-state index >= 15 is 0 Å². The molecular formula is C15H26N4O. The van der Waals surface area contributed by atoms with Crippen LogP contribution in [0.1, 0.15) is 44.9 Å². The van der Waals surface area contributed by atoms with E-state index < -0.39 is 0 Å². The third-order valence-electron chi connectivity index (χ3n) is 3.92. The first-order valence-electron chi connectivity index (χ1n) is 7.70. The monoisotopic (exact) mass is 278 g/mol. The zero-order valence-electron chi connectivity index (χ0n) is 12.5. The van der Waals surface area contributed by atoms with E-state index in [9.17, 15) is 5.11 Å². The van der Waals surface area contributed by atoms with Gasteiger partial charge in [0.25, 0.3) is 0 Å². The van der Waals surface area contributed by atoms with Crippen molar-refractivity contribution in [2.45, 2.75) is 51.6 Å². The Morgan fingerprint density at radius 2 is 2.00 bits per heavy atom. The highest BCUT2D eigenvalue weighted by Crippen LogP contribution is 2.24. The van der Waals surface area contributed by atoms with E-state index in [0.717, 1.165) is 56.1 Å². The summed E-state index contributed by atoms with van der Waals surface area (Å²) in [7, 11) is 1.87. The molecule has 5 nitrogen and oxygen atoms in total. The molecule has 0 spiro atoms. The van der Waals surface area contributed by atoms with Crippen LogP contribution in [-0.4, -0.2) is 34.8 Å². The average Bonchev–Trinajstić information content (AvgIpc) is 2.46. The van der Waals surface area contributed by atoms with Gasteiger partial charge in [0, 0.05) is 32.0 Å². The number of aryl methyl sites for hydroxylation is 1. The lowest BCUT2D eigenvalue weighted by molar-refractivity contribution is 0.0763. The summed E-state index contributed by atoms with van der Waals surface area (Å²) in [6, 6.07) is 1.92. The van der Waals surface area contributed by atoms with Crippen molar-refractivity contribution >= 4 is 11.6 Å². The zero-order chi connectivity index (χ0) is 14.4. The van der Waals surface area contributed by atoms with E-state index in [1.54, 1.807) is 0 Å². The summed E-state index contributed by atoms with van der Waals surface area (Å²) in [6.45, 7) is 2.91. The molecule has 1 heterocycles. The zero-order valence-corrected chi connectivity index (χ0v) is 12.5. The lowest BCUT2D eigenvalue weighted by Crippen LogP contribution is -2.30. The van der Waals surface area contributed by atoms with E-state index in [2.05, 4.69) is 27.5 Å². The van der Waals surface area contributed by atoms with Crippen LogP contribution in [0.25, 0.3) is 0 Å². The summed E-state index contributed by atoms with van der Waals surface area (Å²) in [6.07, 6.45) is 6.14. The van der Waals surface area contributed by atoms with Crippen molar-refractivity contribution in [3.63, 3.8) is 0 Å². The molecule has 2 rings (SSSR count). The van der Waals surface area contributed by atoms with Crippen molar-refractivity contribution in [1.29, 1.82) is 0 Å². The van der Waals surface area contributed by atoms with E-state index in [4.69, 9.17) is 0 Å². The molecule has 3 N–H and O–H groups in total. The molecule has 2 atom stereocenters. The first-order valence-corrected chi connectivity index (χ1v) is 7.70. The average molecular weight is 278 g/mol. The normalized spacial score (nSPS) is 22.6. The van der Waals surface area contributed by atoms with Crippen molar-refractivity contribution in [3.8, 4) is 0 Å². The van der Waals surface area contributed by atoms with Gasteiger partial charge in [-0.05, 0) is 19.3 Å². The van der Waals surface area contributed by atoms with Crippen molar-refractivity contribution in [3.05, 3.63) is 11.9 Å². The van der Waals surface area contributed by atoms with Gasteiger partial charge in [-0.2, -0.15) is 0 Å². The quantitative estimate of drug-likeness (QED) is 0.745. The van der Waals surface area contributed by atoms with E-state index in [-0.39, 0.29) is 6.10 Å². The molecular weight excluding hydrogens is 252 g/mol. The Labute approximate surface area is 121 Å². The number of anilines is 2. The van der Waals surface area contributed by atoms with Gasteiger partial charge in [-0.25, -0.2) is 9.97 Å². The topological polar surface area (TPSA) is 70.1 Å². The minimum Gasteiger partial charge on any atom is -0.393 e. The molecule has 0 aromatic carbocycles. The maximum absolute atomic E-state index is 10.0. The summed E-state index contributed by atoms with van der Waals surface area (Å²) in [5.41, 5.74) is 0. The van der Waals surface area contributed by atoms with Crippen LogP contribution in [0.15, 0.2) is 6.07 Å². The van der Waals surface area contributed by atoms with Crippen molar-refractivity contribution < 1.29 is 5.11 Å². The molecule has 2 unspecified atom stereocenters. The molecule has 0 saturated heterocycles. The number of aliphatic hydroxyl groups is 1. The Bertz CT molecular complexity index is 424. The van der Waals surface area contributed by atoms with Crippen LogP contribution in [0.4, 0.5) is 11.6 Å². The minimum atomic E-state index is -0.169. The molecule has 1 aliphatic rings. The lowest BCUT2D eigenvalue weighted by Gasteiger charge is -2.27. The summed E-state index contributed by atoms with van der Waals surface area (Å²) >= 11 is 0. The molecule has 1 saturated carbocycles. The maximum atomic E-state index is 10.0. The second-order valence-electron chi connectivity index (χ2n) is 5.55. The number of hydrogen-bond acceptors (Lipinski definition) is 5. The van der Waals surface area contributed by atoms with Crippen molar-refractivity contribution in [2.24, 2.45) is 5.92 Å². The first kappa shape index (κ1) is 15.0. The standard InChI is InChI=1S/C15H26N4O/c1-3-6-13-18-14(16-2)9-15(19-13)17-10-11-7-4-5-8-12(11)20/h9,11-12,20H,3-8,10H2,1-2H3,(H2,16,17,18,19). The fourth-order valence-electron chi connectivity index (χ4n) is 2.71. The van der Waals surface area contributed by atoms with E-state index in [0.29, 0.717) is 5.92 Å². The fraction of sp³-hybridized carbons (Fsp3) is 0.733. The molecule has 0 amide bonds.